The molecular weight excluding hydrogens is 170 g/mol. The van der Waals surface area contributed by atoms with Crippen LogP contribution in [0.1, 0.15) is 19.3 Å². The van der Waals surface area contributed by atoms with Crippen LogP contribution in [0.3, 0.4) is 0 Å². The van der Waals surface area contributed by atoms with E-state index in [0.29, 0.717) is 0 Å². The highest BCUT2D eigenvalue weighted by molar-refractivity contribution is 7.85. The van der Waals surface area contributed by atoms with Gasteiger partial charge >= 0.3 is 0 Å². The van der Waals surface area contributed by atoms with Crippen LogP contribution in [0.25, 0.3) is 0 Å². The zero-order valence-electron chi connectivity index (χ0n) is 7.50. The maximum absolute atomic E-state index is 11.1. The number of rotatable bonds is 2. The van der Waals surface area contributed by atoms with E-state index >= 15 is 0 Å². The van der Waals surface area contributed by atoms with Crippen LogP contribution in [0, 0.1) is 5.92 Å². The van der Waals surface area contributed by atoms with Crippen molar-refractivity contribution in [2.75, 3.05) is 31.1 Å². The molecule has 2 nitrogen and oxygen atoms in total. The van der Waals surface area contributed by atoms with E-state index < -0.39 is 10.8 Å². The molecule has 0 bridgehead atoms. The molecule has 0 radical (unpaired) electrons. The molecule has 0 aromatic rings. The minimum Gasteiger partial charge on any atom is -0.301 e. The Bertz CT molecular complexity index is 169. The third-order valence-electron chi connectivity index (χ3n) is 3.01. The van der Waals surface area contributed by atoms with Crippen molar-refractivity contribution in [3.63, 3.8) is 0 Å². The summed E-state index contributed by atoms with van der Waals surface area (Å²) in [6.07, 6.45) is 4.30. The topological polar surface area (TPSA) is 20.3 Å². The van der Waals surface area contributed by atoms with Gasteiger partial charge in [0.2, 0.25) is 0 Å². The molecule has 0 atom stereocenters. The summed E-state index contributed by atoms with van der Waals surface area (Å²) in [4.78, 5) is 2.49. The molecule has 0 amide bonds. The average Bonchev–Trinajstić information content (AvgIpc) is 2.00. The van der Waals surface area contributed by atoms with Crippen molar-refractivity contribution in [3.8, 4) is 0 Å². The maximum atomic E-state index is 11.1. The standard InChI is InChI=1S/C9H17NOS/c11-12-6-4-10(5-7-12)8-9-2-1-3-9/h9H,1-8H2. The van der Waals surface area contributed by atoms with E-state index in [1.807, 2.05) is 0 Å². The molecular formula is C9H17NOS. The first kappa shape index (κ1) is 8.70. The van der Waals surface area contributed by atoms with Crippen LogP contribution >= 0.6 is 0 Å². The fourth-order valence-electron chi connectivity index (χ4n) is 1.90. The highest BCUT2D eigenvalue weighted by atomic mass is 32.2. The summed E-state index contributed by atoms with van der Waals surface area (Å²) in [5.74, 6) is 2.79. The first-order valence-electron chi connectivity index (χ1n) is 4.92. The van der Waals surface area contributed by atoms with Crippen molar-refractivity contribution in [1.82, 2.24) is 4.90 Å². The first-order chi connectivity index (χ1) is 5.84. The highest BCUT2D eigenvalue weighted by Crippen LogP contribution is 2.27. The monoisotopic (exact) mass is 187 g/mol. The Hall–Kier alpha value is 0.110. The van der Waals surface area contributed by atoms with Gasteiger partial charge in [-0.05, 0) is 18.8 Å². The number of hydrogen-bond acceptors (Lipinski definition) is 2. The molecule has 12 heavy (non-hydrogen) atoms. The van der Waals surface area contributed by atoms with E-state index in [1.165, 1.54) is 25.8 Å². The Morgan fingerprint density at radius 1 is 1.25 bits per heavy atom. The van der Waals surface area contributed by atoms with Crippen LogP contribution in [0.2, 0.25) is 0 Å². The lowest BCUT2D eigenvalue weighted by molar-refractivity contribution is 0.189. The van der Waals surface area contributed by atoms with Gasteiger partial charge in [-0.25, -0.2) is 0 Å². The second-order valence-electron chi connectivity index (χ2n) is 3.95. The molecule has 0 aromatic heterocycles. The fourth-order valence-corrected chi connectivity index (χ4v) is 3.03. The molecule has 0 unspecified atom stereocenters. The van der Waals surface area contributed by atoms with Crippen LogP contribution < -0.4 is 0 Å². The third-order valence-corrected chi connectivity index (χ3v) is 4.29. The minimum atomic E-state index is -0.501. The molecule has 2 aliphatic rings. The van der Waals surface area contributed by atoms with Gasteiger partial charge in [0.15, 0.2) is 0 Å². The summed E-state index contributed by atoms with van der Waals surface area (Å²) in [6.45, 7) is 3.42. The number of nitrogens with zero attached hydrogens (tertiary/aromatic N) is 1. The third kappa shape index (κ3) is 2.07. The smallest absolute Gasteiger partial charge is 0.0363 e. The van der Waals surface area contributed by atoms with E-state index in [9.17, 15) is 4.21 Å². The highest BCUT2D eigenvalue weighted by Gasteiger charge is 2.22. The first-order valence-corrected chi connectivity index (χ1v) is 6.41. The van der Waals surface area contributed by atoms with Crippen molar-refractivity contribution >= 4 is 10.8 Å². The van der Waals surface area contributed by atoms with E-state index in [-0.39, 0.29) is 0 Å². The Morgan fingerprint density at radius 2 is 1.92 bits per heavy atom. The van der Waals surface area contributed by atoms with E-state index in [1.54, 1.807) is 0 Å². The molecule has 0 aromatic carbocycles. The Balaban J connectivity index is 1.70. The zero-order valence-corrected chi connectivity index (χ0v) is 8.31. The quantitative estimate of drug-likeness (QED) is 0.639. The van der Waals surface area contributed by atoms with E-state index in [2.05, 4.69) is 4.90 Å². The molecule has 2 fully saturated rings. The Labute approximate surface area is 76.8 Å². The van der Waals surface area contributed by atoms with Gasteiger partial charge in [-0.15, -0.1) is 0 Å². The maximum Gasteiger partial charge on any atom is 0.0363 e. The van der Waals surface area contributed by atoms with Crippen molar-refractivity contribution < 1.29 is 4.21 Å². The molecule has 70 valence electrons. The summed E-state index contributed by atoms with van der Waals surface area (Å²) < 4.78 is 11.1. The molecule has 1 saturated carbocycles. The van der Waals surface area contributed by atoms with Gasteiger partial charge in [-0.3, -0.25) is 4.21 Å². The van der Waals surface area contributed by atoms with Crippen molar-refractivity contribution in [2.24, 2.45) is 5.92 Å². The van der Waals surface area contributed by atoms with Crippen molar-refractivity contribution in [3.05, 3.63) is 0 Å². The van der Waals surface area contributed by atoms with E-state index in [0.717, 1.165) is 30.5 Å². The molecule has 0 spiro atoms. The molecule has 2 rings (SSSR count). The summed E-state index contributed by atoms with van der Waals surface area (Å²) in [5.41, 5.74) is 0. The van der Waals surface area contributed by atoms with Crippen LogP contribution in [0.15, 0.2) is 0 Å². The van der Waals surface area contributed by atoms with Gasteiger partial charge in [0.05, 0.1) is 0 Å². The van der Waals surface area contributed by atoms with E-state index in [4.69, 9.17) is 0 Å². The van der Waals surface area contributed by atoms with Crippen LogP contribution in [0.5, 0.6) is 0 Å². The van der Waals surface area contributed by atoms with Crippen LogP contribution in [-0.2, 0) is 10.8 Å². The second kappa shape index (κ2) is 3.88. The zero-order chi connectivity index (χ0) is 8.39. The van der Waals surface area contributed by atoms with Gasteiger partial charge in [0, 0.05) is 41.9 Å². The summed E-state index contributed by atoms with van der Waals surface area (Å²) in [5, 5.41) is 0. The fraction of sp³-hybridized carbons (Fsp3) is 1.00. The van der Waals surface area contributed by atoms with Crippen LogP contribution in [0.4, 0.5) is 0 Å². The summed E-state index contributed by atoms with van der Waals surface area (Å²) >= 11 is 0. The molecule has 1 saturated heterocycles. The average molecular weight is 187 g/mol. The molecule has 1 aliphatic heterocycles. The number of hydrogen-bond donors (Lipinski definition) is 0. The van der Waals surface area contributed by atoms with Crippen molar-refractivity contribution in [1.29, 1.82) is 0 Å². The lowest BCUT2D eigenvalue weighted by atomic mass is 9.85. The minimum absolute atomic E-state index is 0.501. The lowest BCUT2D eigenvalue weighted by Gasteiger charge is -2.34. The van der Waals surface area contributed by atoms with Gasteiger partial charge in [0.25, 0.3) is 0 Å². The lowest BCUT2D eigenvalue weighted by Crippen LogP contribution is -2.41. The molecule has 1 heterocycles. The summed E-state index contributed by atoms with van der Waals surface area (Å²) in [6, 6.07) is 0. The van der Waals surface area contributed by atoms with Gasteiger partial charge in [-0.1, -0.05) is 6.42 Å². The second-order valence-corrected chi connectivity index (χ2v) is 5.64. The SMILES string of the molecule is O=S1CCN(CC2CCC2)CC1. The molecule has 3 heteroatoms. The Morgan fingerprint density at radius 3 is 2.42 bits per heavy atom. The predicted octanol–water partition coefficient (Wildman–Crippen LogP) is 0.851. The molecule has 0 N–H and O–H groups in total. The van der Waals surface area contributed by atoms with Gasteiger partial charge in [0.1, 0.15) is 0 Å². The Kier molecular flexibility index (Phi) is 2.81. The largest absolute Gasteiger partial charge is 0.301 e. The van der Waals surface area contributed by atoms with Crippen molar-refractivity contribution in [2.45, 2.75) is 19.3 Å². The normalized spacial score (nSPS) is 28.7. The van der Waals surface area contributed by atoms with Gasteiger partial charge in [-0.2, -0.15) is 0 Å². The van der Waals surface area contributed by atoms with Gasteiger partial charge < -0.3 is 4.90 Å². The summed E-state index contributed by atoms with van der Waals surface area (Å²) in [7, 11) is -0.501. The molecule has 1 aliphatic carbocycles. The predicted molar refractivity (Wildman–Crippen MR) is 51.7 cm³/mol. The van der Waals surface area contributed by atoms with Crippen LogP contribution in [-0.4, -0.2) is 40.2 Å².